The van der Waals surface area contributed by atoms with Crippen molar-refractivity contribution in [2.24, 2.45) is 0 Å². The number of benzene rings is 1. The van der Waals surface area contributed by atoms with Crippen LogP contribution in [0.4, 0.5) is 0 Å². The van der Waals surface area contributed by atoms with Gasteiger partial charge in [0.2, 0.25) is 0 Å². The zero-order chi connectivity index (χ0) is 16.2. The summed E-state index contributed by atoms with van der Waals surface area (Å²) in [6, 6.07) is 5.64. The molecule has 23 heavy (non-hydrogen) atoms. The number of thioether (sulfide) groups is 1. The molecule has 0 aliphatic carbocycles. The number of carbonyl (C=O) groups excluding carboxylic acids is 1. The summed E-state index contributed by atoms with van der Waals surface area (Å²) >= 11 is 3.01. The number of carbonyl (C=O) groups is 1. The summed E-state index contributed by atoms with van der Waals surface area (Å²) in [7, 11) is 0. The van der Waals surface area contributed by atoms with Crippen molar-refractivity contribution in [3.8, 4) is 11.5 Å². The molecule has 0 unspecified atom stereocenters. The highest BCUT2D eigenvalue weighted by atomic mass is 32.2. The number of thiazole rings is 1. The second-order valence-electron chi connectivity index (χ2n) is 5.15. The van der Waals surface area contributed by atoms with Gasteiger partial charge in [0.05, 0.1) is 19.3 Å². The Balaban J connectivity index is 1.71. The van der Waals surface area contributed by atoms with Crippen molar-refractivity contribution in [2.45, 2.75) is 23.7 Å². The lowest BCUT2D eigenvalue weighted by atomic mass is 10.1. The van der Waals surface area contributed by atoms with Crippen molar-refractivity contribution in [3.05, 3.63) is 34.8 Å². The van der Waals surface area contributed by atoms with Crippen molar-refractivity contribution in [2.75, 3.05) is 19.5 Å². The van der Waals surface area contributed by atoms with E-state index in [9.17, 15) is 4.79 Å². The minimum atomic E-state index is -0.166. The fourth-order valence-electron chi connectivity index (χ4n) is 2.26. The first-order chi connectivity index (χ1) is 11.2. The molecule has 1 aliphatic heterocycles. The molecule has 3 rings (SSSR count). The Kier molecular flexibility index (Phi) is 5.07. The van der Waals surface area contributed by atoms with E-state index in [1.807, 2.05) is 31.4 Å². The average molecular weight is 350 g/mol. The quantitative estimate of drug-likeness (QED) is 0.855. The van der Waals surface area contributed by atoms with Gasteiger partial charge >= 0.3 is 0 Å². The fourth-order valence-corrected chi connectivity index (χ4v) is 3.50. The lowest BCUT2D eigenvalue weighted by Crippen LogP contribution is -2.26. The zero-order valence-corrected chi connectivity index (χ0v) is 14.6. The van der Waals surface area contributed by atoms with Crippen molar-refractivity contribution in [1.29, 1.82) is 0 Å². The molecule has 2 aromatic rings. The predicted octanol–water partition coefficient (Wildman–Crippen LogP) is 3.52. The van der Waals surface area contributed by atoms with E-state index >= 15 is 0 Å². The third-order valence-corrected chi connectivity index (χ3v) is 5.37. The number of fused-ring (bicyclic) bond motifs is 1. The highest BCUT2D eigenvalue weighted by Crippen LogP contribution is 2.32. The molecule has 0 saturated heterocycles. The smallest absolute Gasteiger partial charge is 0.271 e. The molecular weight excluding hydrogens is 332 g/mol. The lowest BCUT2D eigenvalue weighted by Gasteiger charge is -2.16. The standard InChI is InChI=1S/C16H18N2O3S2/c1-10(17-15(19)12-9-23-16(18-12)22-2)11-4-5-13-14(8-11)21-7-3-6-20-13/h4-5,8-10H,3,6-7H2,1-2H3,(H,17,19)/t10-/m0/s1. The molecule has 1 aromatic carbocycles. The minimum Gasteiger partial charge on any atom is -0.490 e. The maximum Gasteiger partial charge on any atom is 0.271 e. The number of nitrogens with one attached hydrogen (secondary N) is 1. The highest BCUT2D eigenvalue weighted by molar-refractivity contribution is 8.00. The predicted molar refractivity (Wildman–Crippen MR) is 91.8 cm³/mol. The van der Waals surface area contributed by atoms with Crippen molar-refractivity contribution in [1.82, 2.24) is 10.3 Å². The Bertz CT molecular complexity index is 702. The zero-order valence-electron chi connectivity index (χ0n) is 13.0. The second-order valence-corrected chi connectivity index (χ2v) is 7.07. The van der Waals surface area contributed by atoms with Crippen LogP contribution >= 0.6 is 23.1 Å². The largest absolute Gasteiger partial charge is 0.490 e. The molecule has 0 saturated carbocycles. The topological polar surface area (TPSA) is 60.5 Å². The summed E-state index contributed by atoms with van der Waals surface area (Å²) in [5, 5.41) is 4.75. The van der Waals surface area contributed by atoms with Crippen LogP contribution in [0.5, 0.6) is 11.5 Å². The molecule has 5 nitrogen and oxygen atoms in total. The molecule has 0 bridgehead atoms. The molecule has 122 valence electrons. The average Bonchev–Trinajstić information content (AvgIpc) is 2.92. The molecule has 7 heteroatoms. The Morgan fingerprint density at radius 3 is 2.87 bits per heavy atom. The van der Waals surface area contributed by atoms with Crippen LogP contribution in [0.2, 0.25) is 0 Å². The molecule has 1 aliphatic rings. The SMILES string of the molecule is CSc1nc(C(=O)N[C@@H](C)c2ccc3c(c2)OCCCO3)cs1. The lowest BCUT2D eigenvalue weighted by molar-refractivity contribution is 0.0935. The second kappa shape index (κ2) is 7.23. The summed E-state index contributed by atoms with van der Waals surface area (Å²) < 4.78 is 12.2. The van der Waals surface area contributed by atoms with Gasteiger partial charge in [-0.15, -0.1) is 11.3 Å². The van der Waals surface area contributed by atoms with Gasteiger partial charge in [-0.2, -0.15) is 0 Å². The summed E-state index contributed by atoms with van der Waals surface area (Å²) in [6.07, 6.45) is 2.82. The highest BCUT2D eigenvalue weighted by Gasteiger charge is 2.17. The number of nitrogens with zero attached hydrogens (tertiary/aromatic N) is 1. The van der Waals surface area contributed by atoms with E-state index in [-0.39, 0.29) is 11.9 Å². The van der Waals surface area contributed by atoms with Crippen molar-refractivity contribution in [3.63, 3.8) is 0 Å². The van der Waals surface area contributed by atoms with Gasteiger partial charge in [-0.05, 0) is 30.9 Å². The van der Waals surface area contributed by atoms with E-state index in [2.05, 4.69) is 10.3 Å². The number of hydrogen-bond donors (Lipinski definition) is 1. The number of aromatic nitrogens is 1. The van der Waals surface area contributed by atoms with Crippen LogP contribution in [0.15, 0.2) is 27.9 Å². The van der Waals surface area contributed by atoms with Crippen molar-refractivity contribution >= 4 is 29.0 Å². The van der Waals surface area contributed by atoms with Gasteiger partial charge in [0.1, 0.15) is 10.0 Å². The van der Waals surface area contributed by atoms with E-state index in [0.717, 1.165) is 27.8 Å². The first-order valence-corrected chi connectivity index (χ1v) is 9.47. The van der Waals surface area contributed by atoms with E-state index in [4.69, 9.17) is 9.47 Å². The maximum absolute atomic E-state index is 12.3. The number of hydrogen-bond acceptors (Lipinski definition) is 6. The van der Waals surface area contributed by atoms with Gasteiger partial charge < -0.3 is 14.8 Å². The van der Waals surface area contributed by atoms with Crippen LogP contribution in [0.25, 0.3) is 0 Å². The normalized spacial score (nSPS) is 14.9. The van der Waals surface area contributed by atoms with Gasteiger partial charge in [-0.3, -0.25) is 4.79 Å². The molecule has 2 heterocycles. The van der Waals surface area contributed by atoms with Crippen LogP contribution in [-0.4, -0.2) is 30.4 Å². The molecule has 1 atom stereocenters. The Morgan fingerprint density at radius 1 is 1.35 bits per heavy atom. The molecule has 1 N–H and O–H groups in total. The molecule has 0 radical (unpaired) electrons. The van der Waals surface area contributed by atoms with Crippen molar-refractivity contribution < 1.29 is 14.3 Å². The van der Waals surface area contributed by atoms with Gasteiger partial charge in [0.25, 0.3) is 5.91 Å². The summed E-state index contributed by atoms with van der Waals surface area (Å²) in [6.45, 7) is 3.26. The van der Waals surface area contributed by atoms with Gasteiger partial charge in [-0.25, -0.2) is 4.98 Å². The number of amides is 1. The number of rotatable bonds is 4. The molecule has 0 spiro atoms. The van der Waals surface area contributed by atoms with Gasteiger partial charge in [-0.1, -0.05) is 17.8 Å². The fraction of sp³-hybridized carbons (Fsp3) is 0.375. The first-order valence-electron chi connectivity index (χ1n) is 7.37. The number of ether oxygens (including phenoxy) is 2. The molecule has 1 aromatic heterocycles. The molecular formula is C16H18N2O3S2. The van der Waals surface area contributed by atoms with Crippen LogP contribution in [0, 0.1) is 0 Å². The van der Waals surface area contributed by atoms with Crippen LogP contribution in [0.1, 0.15) is 35.4 Å². The third kappa shape index (κ3) is 3.79. The van der Waals surface area contributed by atoms with Crippen LogP contribution in [0.3, 0.4) is 0 Å². The third-order valence-electron chi connectivity index (χ3n) is 3.51. The Labute approximate surface area is 143 Å². The maximum atomic E-state index is 12.3. The molecule has 0 fully saturated rings. The summed E-state index contributed by atoms with van der Waals surface area (Å²) in [5.74, 6) is 1.33. The van der Waals surface area contributed by atoms with E-state index < -0.39 is 0 Å². The van der Waals surface area contributed by atoms with E-state index in [1.165, 1.54) is 23.1 Å². The summed E-state index contributed by atoms with van der Waals surface area (Å²) in [5.41, 5.74) is 1.43. The van der Waals surface area contributed by atoms with E-state index in [0.29, 0.717) is 18.9 Å². The monoisotopic (exact) mass is 350 g/mol. The molecule has 1 amide bonds. The van der Waals surface area contributed by atoms with Crippen LogP contribution < -0.4 is 14.8 Å². The van der Waals surface area contributed by atoms with Crippen LogP contribution in [-0.2, 0) is 0 Å². The van der Waals surface area contributed by atoms with Gasteiger partial charge in [0, 0.05) is 11.8 Å². The Morgan fingerprint density at radius 2 is 2.13 bits per heavy atom. The van der Waals surface area contributed by atoms with Gasteiger partial charge in [0.15, 0.2) is 11.5 Å². The van der Waals surface area contributed by atoms with E-state index in [1.54, 1.807) is 5.38 Å². The summed E-state index contributed by atoms with van der Waals surface area (Å²) in [4.78, 5) is 16.6. The minimum absolute atomic E-state index is 0.140. The Hall–Kier alpha value is -1.73. The first kappa shape index (κ1) is 16.1.